The summed E-state index contributed by atoms with van der Waals surface area (Å²) in [6.07, 6.45) is 0. The van der Waals surface area contributed by atoms with Crippen LogP contribution in [0, 0.1) is 10.1 Å². The van der Waals surface area contributed by atoms with Gasteiger partial charge in [-0.1, -0.05) is 24.3 Å². The van der Waals surface area contributed by atoms with E-state index in [4.69, 9.17) is 5.11 Å². The summed E-state index contributed by atoms with van der Waals surface area (Å²) >= 11 is 0. The Labute approximate surface area is 85.9 Å². The van der Waals surface area contributed by atoms with E-state index in [-0.39, 0.29) is 12.3 Å². The topological polar surface area (TPSA) is 63.4 Å². The number of aliphatic hydroxyl groups excluding tert-OH is 1. The van der Waals surface area contributed by atoms with Crippen molar-refractivity contribution >= 4 is 16.5 Å². The van der Waals surface area contributed by atoms with Crippen molar-refractivity contribution in [2.75, 3.05) is 0 Å². The molecule has 0 aliphatic carbocycles. The molecule has 0 aromatic heterocycles. The fourth-order valence-electron chi connectivity index (χ4n) is 1.56. The van der Waals surface area contributed by atoms with Crippen LogP contribution < -0.4 is 0 Å². The van der Waals surface area contributed by atoms with Crippen molar-refractivity contribution in [2.24, 2.45) is 0 Å². The normalized spacial score (nSPS) is 10.5. The van der Waals surface area contributed by atoms with Gasteiger partial charge in [-0.3, -0.25) is 10.1 Å². The van der Waals surface area contributed by atoms with Crippen molar-refractivity contribution in [3.05, 3.63) is 52.1 Å². The highest BCUT2D eigenvalue weighted by Gasteiger charge is 2.10. The lowest BCUT2D eigenvalue weighted by Gasteiger charge is -2.01. The lowest BCUT2D eigenvalue weighted by molar-refractivity contribution is -0.383. The summed E-state index contributed by atoms with van der Waals surface area (Å²) in [4.78, 5) is 10.3. The average Bonchev–Trinajstić information content (AvgIpc) is 2.27. The number of aliphatic hydroxyl groups is 1. The second-order valence-corrected chi connectivity index (χ2v) is 3.25. The van der Waals surface area contributed by atoms with Crippen LogP contribution >= 0.6 is 0 Å². The Hall–Kier alpha value is -1.94. The van der Waals surface area contributed by atoms with E-state index in [1.165, 1.54) is 6.07 Å². The van der Waals surface area contributed by atoms with Gasteiger partial charge in [0.15, 0.2) is 0 Å². The molecule has 2 aromatic carbocycles. The van der Waals surface area contributed by atoms with E-state index in [1.54, 1.807) is 24.3 Å². The number of nitro groups is 1. The molecule has 0 atom stereocenters. The molecule has 0 bridgehead atoms. The van der Waals surface area contributed by atoms with E-state index in [0.29, 0.717) is 10.9 Å². The standard InChI is InChI=1S/C11H9NO3/c13-7-8-4-5-9-2-1-3-11(12(14)15)10(9)6-8/h1-6,13H,7H2. The van der Waals surface area contributed by atoms with Crippen LogP contribution in [0.3, 0.4) is 0 Å². The second-order valence-electron chi connectivity index (χ2n) is 3.25. The van der Waals surface area contributed by atoms with Gasteiger partial charge in [-0.25, -0.2) is 0 Å². The Kier molecular flexibility index (Phi) is 2.35. The van der Waals surface area contributed by atoms with Crippen LogP contribution in [0.15, 0.2) is 36.4 Å². The SMILES string of the molecule is O=[N+]([O-])c1cccc2ccc(CO)cc12. The molecule has 0 aliphatic heterocycles. The van der Waals surface area contributed by atoms with E-state index in [0.717, 1.165) is 5.39 Å². The van der Waals surface area contributed by atoms with Gasteiger partial charge in [-0.05, 0) is 17.0 Å². The van der Waals surface area contributed by atoms with E-state index in [1.807, 2.05) is 6.07 Å². The Morgan fingerprint density at radius 2 is 2.07 bits per heavy atom. The van der Waals surface area contributed by atoms with Gasteiger partial charge < -0.3 is 5.11 Å². The Morgan fingerprint density at radius 1 is 1.27 bits per heavy atom. The molecule has 0 amide bonds. The predicted octanol–water partition coefficient (Wildman–Crippen LogP) is 2.24. The van der Waals surface area contributed by atoms with E-state index >= 15 is 0 Å². The van der Waals surface area contributed by atoms with Crippen molar-refractivity contribution in [2.45, 2.75) is 6.61 Å². The third-order valence-corrected chi connectivity index (χ3v) is 2.30. The fraction of sp³-hybridized carbons (Fsp3) is 0.0909. The van der Waals surface area contributed by atoms with Crippen LogP contribution in [-0.2, 0) is 6.61 Å². The van der Waals surface area contributed by atoms with Crippen LogP contribution in [0.1, 0.15) is 5.56 Å². The molecule has 0 saturated heterocycles. The number of hydrogen-bond acceptors (Lipinski definition) is 3. The number of rotatable bonds is 2. The van der Waals surface area contributed by atoms with Gasteiger partial charge in [0, 0.05) is 6.07 Å². The van der Waals surface area contributed by atoms with Gasteiger partial charge in [-0.2, -0.15) is 0 Å². The van der Waals surface area contributed by atoms with Gasteiger partial charge in [0.05, 0.1) is 16.9 Å². The highest BCUT2D eigenvalue weighted by molar-refractivity contribution is 5.91. The Bertz CT molecular complexity index is 522. The monoisotopic (exact) mass is 203 g/mol. The largest absolute Gasteiger partial charge is 0.392 e. The Morgan fingerprint density at radius 3 is 2.73 bits per heavy atom. The zero-order chi connectivity index (χ0) is 10.8. The first-order valence-corrected chi connectivity index (χ1v) is 4.49. The zero-order valence-electron chi connectivity index (χ0n) is 7.88. The van der Waals surface area contributed by atoms with Crippen LogP contribution in [0.4, 0.5) is 5.69 Å². The maximum absolute atomic E-state index is 10.8. The maximum atomic E-state index is 10.8. The third-order valence-electron chi connectivity index (χ3n) is 2.30. The van der Waals surface area contributed by atoms with Crippen LogP contribution in [0.5, 0.6) is 0 Å². The van der Waals surface area contributed by atoms with Crippen molar-refractivity contribution in [1.82, 2.24) is 0 Å². The first-order chi connectivity index (χ1) is 7.22. The molecule has 2 rings (SSSR count). The third kappa shape index (κ3) is 1.67. The Balaban J connectivity index is 2.76. The summed E-state index contributed by atoms with van der Waals surface area (Å²) in [5.74, 6) is 0. The summed E-state index contributed by atoms with van der Waals surface area (Å²) < 4.78 is 0. The molecule has 0 heterocycles. The molecule has 76 valence electrons. The van der Waals surface area contributed by atoms with Gasteiger partial charge in [0.1, 0.15) is 0 Å². The summed E-state index contributed by atoms with van der Waals surface area (Å²) in [7, 11) is 0. The summed E-state index contributed by atoms with van der Waals surface area (Å²) in [6, 6.07) is 10.1. The quantitative estimate of drug-likeness (QED) is 0.601. The second kappa shape index (κ2) is 3.67. The number of benzene rings is 2. The summed E-state index contributed by atoms with van der Waals surface area (Å²) in [6.45, 7) is -0.109. The minimum Gasteiger partial charge on any atom is -0.392 e. The molecule has 0 fully saturated rings. The van der Waals surface area contributed by atoms with E-state index in [2.05, 4.69) is 0 Å². The smallest absolute Gasteiger partial charge is 0.277 e. The molecular formula is C11H9NO3. The highest BCUT2D eigenvalue weighted by Crippen LogP contribution is 2.26. The van der Waals surface area contributed by atoms with Gasteiger partial charge in [-0.15, -0.1) is 0 Å². The van der Waals surface area contributed by atoms with Gasteiger partial charge in [0.2, 0.25) is 0 Å². The van der Waals surface area contributed by atoms with Crippen molar-refractivity contribution < 1.29 is 10.0 Å². The van der Waals surface area contributed by atoms with Crippen molar-refractivity contribution in [1.29, 1.82) is 0 Å². The molecule has 0 saturated carbocycles. The molecule has 0 spiro atoms. The number of non-ortho nitro benzene ring substituents is 1. The minimum atomic E-state index is -0.413. The number of nitro benzene ring substituents is 1. The highest BCUT2D eigenvalue weighted by atomic mass is 16.6. The number of hydrogen-bond donors (Lipinski definition) is 1. The van der Waals surface area contributed by atoms with Crippen LogP contribution in [0.25, 0.3) is 10.8 Å². The summed E-state index contributed by atoms with van der Waals surface area (Å²) in [5.41, 5.74) is 0.750. The predicted molar refractivity (Wildman–Crippen MR) is 56.5 cm³/mol. The average molecular weight is 203 g/mol. The lowest BCUT2D eigenvalue weighted by atomic mass is 10.1. The van der Waals surface area contributed by atoms with Gasteiger partial charge in [0.25, 0.3) is 5.69 Å². The molecule has 0 radical (unpaired) electrons. The molecule has 1 N–H and O–H groups in total. The first kappa shape index (κ1) is 9.61. The molecule has 4 nitrogen and oxygen atoms in total. The van der Waals surface area contributed by atoms with Crippen LogP contribution in [-0.4, -0.2) is 10.0 Å². The molecule has 15 heavy (non-hydrogen) atoms. The minimum absolute atomic E-state index is 0.0720. The lowest BCUT2D eigenvalue weighted by Crippen LogP contribution is -1.90. The molecule has 2 aromatic rings. The van der Waals surface area contributed by atoms with Crippen molar-refractivity contribution in [3.63, 3.8) is 0 Å². The van der Waals surface area contributed by atoms with Crippen molar-refractivity contribution in [3.8, 4) is 0 Å². The molecule has 4 heteroatoms. The molecule has 0 unspecified atom stereocenters. The molecule has 0 aliphatic rings. The maximum Gasteiger partial charge on any atom is 0.277 e. The fourth-order valence-corrected chi connectivity index (χ4v) is 1.56. The number of fused-ring (bicyclic) bond motifs is 1. The van der Waals surface area contributed by atoms with E-state index < -0.39 is 4.92 Å². The summed E-state index contributed by atoms with van der Waals surface area (Å²) in [5, 5.41) is 21.1. The zero-order valence-corrected chi connectivity index (χ0v) is 7.88. The molecular weight excluding hydrogens is 194 g/mol. The number of nitrogens with zero attached hydrogens (tertiary/aromatic N) is 1. The van der Waals surface area contributed by atoms with Crippen LogP contribution in [0.2, 0.25) is 0 Å². The van der Waals surface area contributed by atoms with Gasteiger partial charge >= 0.3 is 0 Å². The van der Waals surface area contributed by atoms with E-state index in [9.17, 15) is 10.1 Å². The first-order valence-electron chi connectivity index (χ1n) is 4.49.